The standard InChI is InChI=1S/C9H10N2O3S/c1-11-2-3-15-9(11)10-7(12)5-4-6(5)8(13)14/h2-3,5-6H,4H2,1H3,(H,13,14)/t5-,6-/m1/s1. The van der Waals surface area contributed by atoms with E-state index in [1.54, 1.807) is 17.8 Å². The third-order valence-corrected chi connectivity index (χ3v) is 3.24. The van der Waals surface area contributed by atoms with Crippen LogP contribution in [-0.2, 0) is 16.6 Å². The number of aryl methyl sites for hydroxylation is 1. The van der Waals surface area contributed by atoms with Crippen LogP contribution in [0, 0.1) is 11.8 Å². The smallest absolute Gasteiger partial charge is 0.307 e. The van der Waals surface area contributed by atoms with Gasteiger partial charge >= 0.3 is 5.97 Å². The molecule has 80 valence electrons. The number of nitrogens with zero attached hydrogens (tertiary/aromatic N) is 2. The summed E-state index contributed by atoms with van der Waals surface area (Å²) < 4.78 is 1.74. The topological polar surface area (TPSA) is 71.7 Å². The molecule has 1 fully saturated rings. The number of thiazole rings is 1. The van der Waals surface area contributed by atoms with Crippen LogP contribution in [-0.4, -0.2) is 21.6 Å². The minimum Gasteiger partial charge on any atom is -0.481 e. The molecule has 1 aromatic heterocycles. The van der Waals surface area contributed by atoms with E-state index < -0.39 is 17.8 Å². The summed E-state index contributed by atoms with van der Waals surface area (Å²) in [6.45, 7) is 0. The molecule has 0 aliphatic heterocycles. The van der Waals surface area contributed by atoms with Crippen molar-refractivity contribution in [3.8, 4) is 0 Å². The fraction of sp³-hybridized carbons (Fsp3) is 0.444. The van der Waals surface area contributed by atoms with Gasteiger partial charge in [-0.05, 0) is 6.42 Å². The number of aromatic nitrogens is 1. The first-order valence-electron chi connectivity index (χ1n) is 4.51. The van der Waals surface area contributed by atoms with Gasteiger partial charge in [0.15, 0.2) is 4.80 Å². The monoisotopic (exact) mass is 226 g/mol. The predicted molar refractivity (Wildman–Crippen MR) is 53.1 cm³/mol. The van der Waals surface area contributed by atoms with Crippen molar-refractivity contribution in [1.29, 1.82) is 0 Å². The molecule has 0 radical (unpaired) electrons. The quantitative estimate of drug-likeness (QED) is 0.785. The molecule has 0 unspecified atom stereocenters. The number of carboxylic acid groups (broad SMARTS) is 1. The third kappa shape index (κ3) is 1.99. The van der Waals surface area contributed by atoms with E-state index in [9.17, 15) is 9.59 Å². The average Bonchev–Trinajstić information content (AvgIpc) is 2.88. The molecule has 1 amide bonds. The molecule has 0 bridgehead atoms. The zero-order valence-electron chi connectivity index (χ0n) is 8.08. The summed E-state index contributed by atoms with van der Waals surface area (Å²) >= 11 is 1.36. The summed E-state index contributed by atoms with van der Waals surface area (Å²) in [5.74, 6) is -2.16. The summed E-state index contributed by atoms with van der Waals surface area (Å²) in [6.07, 6.45) is 2.23. The molecule has 1 saturated carbocycles. The molecule has 5 nitrogen and oxygen atoms in total. The highest BCUT2D eigenvalue weighted by Gasteiger charge is 2.48. The van der Waals surface area contributed by atoms with E-state index in [0.717, 1.165) is 0 Å². The Morgan fingerprint density at radius 2 is 2.33 bits per heavy atom. The van der Waals surface area contributed by atoms with Crippen LogP contribution in [0.25, 0.3) is 0 Å². The number of aliphatic carboxylic acids is 1. The van der Waals surface area contributed by atoms with E-state index in [0.29, 0.717) is 11.2 Å². The van der Waals surface area contributed by atoms with Gasteiger partial charge in [-0.3, -0.25) is 9.59 Å². The normalized spacial score (nSPS) is 25.3. The molecular formula is C9H10N2O3S. The van der Waals surface area contributed by atoms with Gasteiger partial charge < -0.3 is 9.67 Å². The van der Waals surface area contributed by atoms with Crippen LogP contribution in [0.2, 0.25) is 0 Å². The maximum Gasteiger partial charge on any atom is 0.307 e. The molecule has 2 atom stereocenters. The number of amides is 1. The van der Waals surface area contributed by atoms with Crippen LogP contribution in [0.5, 0.6) is 0 Å². The maximum atomic E-state index is 11.5. The van der Waals surface area contributed by atoms with Gasteiger partial charge in [-0.15, -0.1) is 11.3 Å². The molecule has 0 aromatic carbocycles. The highest BCUT2D eigenvalue weighted by Crippen LogP contribution is 2.39. The molecule has 1 aliphatic rings. The van der Waals surface area contributed by atoms with Crippen molar-refractivity contribution in [3.63, 3.8) is 0 Å². The first-order chi connectivity index (χ1) is 7.09. The second-order valence-electron chi connectivity index (χ2n) is 3.53. The first kappa shape index (κ1) is 10.1. The Labute approximate surface area is 89.7 Å². The van der Waals surface area contributed by atoms with Crippen molar-refractivity contribution >= 4 is 23.2 Å². The Hall–Kier alpha value is -1.43. The van der Waals surface area contributed by atoms with Crippen molar-refractivity contribution in [2.75, 3.05) is 0 Å². The van der Waals surface area contributed by atoms with Gasteiger partial charge in [0.2, 0.25) is 0 Å². The van der Waals surface area contributed by atoms with Gasteiger partial charge in [-0.25, -0.2) is 0 Å². The fourth-order valence-corrected chi connectivity index (χ4v) is 2.09. The SMILES string of the molecule is Cn1ccsc1=NC(=O)[C@@H]1C[C@H]1C(=O)O. The molecule has 1 heterocycles. The number of rotatable bonds is 2. The van der Waals surface area contributed by atoms with E-state index in [-0.39, 0.29) is 5.91 Å². The van der Waals surface area contributed by atoms with Crippen molar-refractivity contribution in [1.82, 2.24) is 4.57 Å². The second kappa shape index (κ2) is 3.62. The minimum absolute atomic E-state index is 0.319. The van der Waals surface area contributed by atoms with E-state index in [1.165, 1.54) is 11.3 Å². The van der Waals surface area contributed by atoms with Gasteiger partial charge in [-0.1, -0.05) is 0 Å². The Bertz CT molecular complexity index is 474. The number of carbonyl (C=O) groups excluding carboxylic acids is 1. The first-order valence-corrected chi connectivity index (χ1v) is 5.39. The lowest BCUT2D eigenvalue weighted by atomic mass is 10.3. The van der Waals surface area contributed by atoms with Crippen LogP contribution in [0.4, 0.5) is 0 Å². The summed E-state index contributed by atoms with van der Waals surface area (Å²) in [4.78, 5) is 26.6. The summed E-state index contributed by atoms with van der Waals surface area (Å²) in [5, 5.41) is 10.5. The van der Waals surface area contributed by atoms with E-state index in [4.69, 9.17) is 5.11 Å². The Morgan fingerprint density at radius 3 is 2.80 bits per heavy atom. The van der Waals surface area contributed by atoms with Crippen molar-refractivity contribution in [3.05, 3.63) is 16.4 Å². The van der Waals surface area contributed by atoms with E-state index in [1.807, 2.05) is 5.38 Å². The molecule has 0 spiro atoms. The average molecular weight is 226 g/mol. The molecule has 15 heavy (non-hydrogen) atoms. The zero-order chi connectivity index (χ0) is 11.0. The van der Waals surface area contributed by atoms with Crippen LogP contribution >= 0.6 is 11.3 Å². The number of hydrogen-bond donors (Lipinski definition) is 1. The molecule has 2 rings (SSSR count). The molecule has 1 aliphatic carbocycles. The number of carbonyl (C=O) groups is 2. The van der Waals surface area contributed by atoms with Crippen molar-refractivity contribution in [2.45, 2.75) is 6.42 Å². The summed E-state index contributed by atoms with van der Waals surface area (Å²) in [6, 6.07) is 0. The van der Waals surface area contributed by atoms with Gasteiger partial charge in [0.1, 0.15) is 0 Å². The molecule has 6 heteroatoms. The lowest BCUT2D eigenvalue weighted by Gasteiger charge is -1.90. The van der Waals surface area contributed by atoms with Crippen LogP contribution in [0.15, 0.2) is 16.6 Å². The Balaban J connectivity index is 2.13. The molecular weight excluding hydrogens is 216 g/mol. The minimum atomic E-state index is -0.904. The lowest BCUT2D eigenvalue weighted by molar-refractivity contribution is -0.139. The molecule has 0 saturated heterocycles. The summed E-state index contributed by atoms with van der Waals surface area (Å²) in [7, 11) is 1.80. The largest absolute Gasteiger partial charge is 0.481 e. The molecule has 1 aromatic rings. The van der Waals surface area contributed by atoms with E-state index in [2.05, 4.69) is 4.99 Å². The fourth-order valence-electron chi connectivity index (χ4n) is 1.35. The van der Waals surface area contributed by atoms with Crippen molar-refractivity contribution < 1.29 is 14.7 Å². The maximum absolute atomic E-state index is 11.5. The lowest BCUT2D eigenvalue weighted by Crippen LogP contribution is -2.14. The Kier molecular flexibility index (Phi) is 2.44. The van der Waals surface area contributed by atoms with Gasteiger partial charge in [0, 0.05) is 18.6 Å². The highest BCUT2D eigenvalue weighted by atomic mass is 32.1. The van der Waals surface area contributed by atoms with Gasteiger partial charge in [0.25, 0.3) is 5.91 Å². The van der Waals surface area contributed by atoms with Crippen LogP contribution in [0.3, 0.4) is 0 Å². The predicted octanol–water partition coefficient (Wildman–Crippen LogP) is 0.235. The Morgan fingerprint density at radius 1 is 1.60 bits per heavy atom. The highest BCUT2D eigenvalue weighted by molar-refractivity contribution is 7.07. The van der Waals surface area contributed by atoms with Gasteiger partial charge in [0.05, 0.1) is 11.8 Å². The third-order valence-electron chi connectivity index (χ3n) is 2.39. The van der Waals surface area contributed by atoms with Crippen LogP contribution < -0.4 is 4.80 Å². The zero-order valence-corrected chi connectivity index (χ0v) is 8.90. The van der Waals surface area contributed by atoms with Gasteiger partial charge in [-0.2, -0.15) is 4.99 Å². The molecule has 1 N–H and O–H groups in total. The van der Waals surface area contributed by atoms with Crippen LogP contribution in [0.1, 0.15) is 6.42 Å². The number of hydrogen-bond acceptors (Lipinski definition) is 3. The van der Waals surface area contributed by atoms with E-state index >= 15 is 0 Å². The van der Waals surface area contributed by atoms with Crippen molar-refractivity contribution in [2.24, 2.45) is 23.9 Å². The number of carboxylic acids is 1. The second-order valence-corrected chi connectivity index (χ2v) is 4.41. The summed E-state index contributed by atoms with van der Waals surface area (Å²) in [5.41, 5.74) is 0.